The van der Waals surface area contributed by atoms with Gasteiger partial charge >= 0.3 is 0 Å². The molecule has 0 saturated heterocycles. The van der Waals surface area contributed by atoms with Gasteiger partial charge in [0.25, 0.3) is 5.91 Å². The van der Waals surface area contributed by atoms with Crippen molar-refractivity contribution in [1.29, 1.82) is 0 Å². The normalized spacial score (nSPS) is 12.5. The van der Waals surface area contributed by atoms with E-state index in [1.54, 1.807) is 32.2 Å². The van der Waals surface area contributed by atoms with Crippen LogP contribution in [0.1, 0.15) is 36.2 Å². The first-order valence-corrected chi connectivity index (χ1v) is 9.48. The highest BCUT2D eigenvalue weighted by molar-refractivity contribution is 7.18. The van der Waals surface area contributed by atoms with E-state index in [0.29, 0.717) is 16.7 Å². The summed E-state index contributed by atoms with van der Waals surface area (Å²) < 4.78 is 5.14. The van der Waals surface area contributed by atoms with Crippen molar-refractivity contribution in [2.45, 2.75) is 26.4 Å². The van der Waals surface area contributed by atoms with E-state index in [1.165, 1.54) is 17.6 Å². The van der Waals surface area contributed by atoms with Crippen LogP contribution in [0.25, 0.3) is 11.3 Å². The number of aliphatic imine (C=N–C) groups is 2. The Kier molecular flexibility index (Phi) is 5.81. The van der Waals surface area contributed by atoms with Gasteiger partial charge in [0.2, 0.25) is 0 Å². The number of hydrogen-bond acceptors (Lipinski definition) is 6. The third kappa shape index (κ3) is 4.79. The van der Waals surface area contributed by atoms with E-state index in [1.807, 2.05) is 37.3 Å². The van der Waals surface area contributed by atoms with Crippen molar-refractivity contribution in [3.8, 4) is 11.3 Å². The van der Waals surface area contributed by atoms with Gasteiger partial charge in [-0.15, -0.1) is 0 Å². The Bertz CT molecular complexity index is 999. The minimum atomic E-state index is -0.808. The fourth-order valence-electron chi connectivity index (χ4n) is 2.42. The van der Waals surface area contributed by atoms with Crippen LogP contribution in [0.4, 0.5) is 5.13 Å². The van der Waals surface area contributed by atoms with Crippen molar-refractivity contribution in [2.24, 2.45) is 15.7 Å². The average Bonchev–Trinajstić information content (AvgIpc) is 3.31. The van der Waals surface area contributed by atoms with Crippen LogP contribution in [0.5, 0.6) is 0 Å². The number of amides is 1. The smallest absolute Gasteiger partial charge is 0.293 e. The molecule has 7 nitrogen and oxygen atoms in total. The zero-order valence-electron chi connectivity index (χ0n) is 15.8. The van der Waals surface area contributed by atoms with E-state index in [2.05, 4.69) is 20.3 Å². The molecular formula is C20H21N5O2S. The van der Waals surface area contributed by atoms with Gasteiger partial charge in [-0.2, -0.15) is 0 Å². The van der Waals surface area contributed by atoms with Crippen molar-refractivity contribution in [3.05, 3.63) is 59.4 Å². The molecule has 3 N–H and O–H groups in total. The molecule has 3 aromatic rings. The van der Waals surface area contributed by atoms with Crippen LogP contribution >= 0.6 is 11.3 Å². The maximum Gasteiger partial charge on any atom is 0.293 e. The van der Waals surface area contributed by atoms with Crippen LogP contribution in [0, 0.1) is 0 Å². The fraction of sp³-hybridized carbons (Fsp3) is 0.200. The molecular weight excluding hydrogens is 374 g/mol. The number of carbonyl (C=O) groups excluding carboxylic acids is 1. The van der Waals surface area contributed by atoms with Crippen molar-refractivity contribution < 1.29 is 9.21 Å². The molecule has 1 aromatic carbocycles. The van der Waals surface area contributed by atoms with Gasteiger partial charge in [-0.1, -0.05) is 41.7 Å². The lowest BCUT2D eigenvalue weighted by molar-refractivity contribution is 0.0996. The molecule has 8 heteroatoms. The van der Waals surface area contributed by atoms with E-state index in [9.17, 15) is 4.79 Å². The first-order chi connectivity index (χ1) is 13.4. The molecule has 0 saturated carbocycles. The minimum absolute atomic E-state index is 0.210. The Morgan fingerprint density at radius 2 is 2.00 bits per heavy atom. The number of benzene rings is 1. The van der Waals surface area contributed by atoms with Gasteiger partial charge in [-0.25, -0.2) is 15.0 Å². The third-order valence-corrected chi connectivity index (χ3v) is 4.46. The highest BCUT2D eigenvalue weighted by Crippen LogP contribution is 2.33. The molecule has 0 aliphatic carbocycles. The van der Waals surface area contributed by atoms with E-state index >= 15 is 0 Å². The van der Waals surface area contributed by atoms with Crippen LogP contribution in [-0.4, -0.2) is 28.6 Å². The third-order valence-electron chi connectivity index (χ3n) is 3.49. The average molecular weight is 395 g/mol. The van der Waals surface area contributed by atoms with Gasteiger partial charge in [0.1, 0.15) is 10.5 Å². The summed E-state index contributed by atoms with van der Waals surface area (Å²) >= 11 is 1.28. The fourth-order valence-corrected chi connectivity index (χ4v) is 3.34. The van der Waals surface area contributed by atoms with Gasteiger partial charge in [-0.3, -0.25) is 10.1 Å². The number of rotatable bonds is 5. The van der Waals surface area contributed by atoms with Crippen LogP contribution in [0.3, 0.4) is 0 Å². The number of nitrogens with one attached hydrogen (secondary N) is 1. The van der Waals surface area contributed by atoms with Crippen molar-refractivity contribution in [3.63, 3.8) is 0 Å². The molecule has 0 spiro atoms. The Labute approximate surface area is 167 Å². The van der Waals surface area contributed by atoms with Gasteiger partial charge in [0, 0.05) is 11.8 Å². The largest absolute Gasteiger partial charge is 0.459 e. The Morgan fingerprint density at radius 3 is 2.61 bits per heavy atom. The molecule has 2 aromatic heterocycles. The lowest BCUT2D eigenvalue weighted by Crippen LogP contribution is -2.30. The topological polar surface area (TPSA) is 106 Å². The van der Waals surface area contributed by atoms with Gasteiger partial charge in [0.05, 0.1) is 12.0 Å². The number of hydrogen-bond donors (Lipinski definition) is 2. The number of carbonyl (C=O) groups is 1. The zero-order chi connectivity index (χ0) is 20.1. The maximum absolute atomic E-state index is 12.3. The summed E-state index contributed by atoms with van der Waals surface area (Å²) in [4.78, 5) is 26.6. The van der Waals surface area contributed by atoms with Crippen LogP contribution in [0.2, 0.25) is 0 Å². The maximum atomic E-state index is 12.3. The highest BCUT2D eigenvalue weighted by atomic mass is 32.1. The molecule has 0 radical (unpaired) electrons. The monoisotopic (exact) mass is 395 g/mol. The van der Waals surface area contributed by atoms with Crippen LogP contribution < -0.4 is 11.1 Å². The molecule has 0 bridgehead atoms. The first-order valence-electron chi connectivity index (χ1n) is 8.66. The molecule has 1 amide bonds. The molecule has 2 heterocycles. The molecule has 0 atom stereocenters. The highest BCUT2D eigenvalue weighted by Gasteiger charge is 2.21. The van der Waals surface area contributed by atoms with Crippen molar-refractivity contribution in [2.75, 3.05) is 5.32 Å². The zero-order valence-corrected chi connectivity index (χ0v) is 16.7. The van der Waals surface area contributed by atoms with Gasteiger partial charge in [-0.05, 0) is 32.9 Å². The predicted octanol–water partition coefficient (Wildman–Crippen LogP) is 4.19. The molecule has 28 heavy (non-hydrogen) atoms. The summed E-state index contributed by atoms with van der Waals surface area (Å²) in [6.45, 7) is 5.39. The second-order valence-corrected chi connectivity index (χ2v) is 7.47. The molecule has 0 aliphatic rings. The molecule has 0 fully saturated rings. The second-order valence-electron chi connectivity index (χ2n) is 6.47. The van der Waals surface area contributed by atoms with E-state index in [-0.39, 0.29) is 11.7 Å². The summed E-state index contributed by atoms with van der Waals surface area (Å²) in [5, 5.41) is 3.19. The summed E-state index contributed by atoms with van der Waals surface area (Å²) in [5.41, 5.74) is 6.84. The summed E-state index contributed by atoms with van der Waals surface area (Å²) in [5.74, 6) is 0.299. The lowest BCUT2D eigenvalue weighted by Gasteiger charge is -2.13. The lowest BCUT2D eigenvalue weighted by atomic mass is 10.1. The van der Waals surface area contributed by atoms with Crippen molar-refractivity contribution >= 4 is 34.4 Å². The quantitative estimate of drug-likeness (QED) is 0.499. The summed E-state index contributed by atoms with van der Waals surface area (Å²) in [7, 11) is 0. The molecule has 144 valence electrons. The first kappa shape index (κ1) is 19.7. The summed E-state index contributed by atoms with van der Waals surface area (Å²) in [6, 6.07) is 12.9. The Morgan fingerprint density at radius 1 is 1.25 bits per heavy atom. The predicted molar refractivity (Wildman–Crippen MR) is 113 cm³/mol. The Balaban J connectivity index is 2.07. The van der Waals surface area contributed by atoms with E-state index in [4.69, 9.17) is 10.2 Å². The molecule has 0 aliphatic heterocycles. The number of anilines is 1. The van der Waals surface area contributed by atoms with Gasteiger partial charge in [0.15, 0.2) is 16.7 Å². The Hall–Kier alpha value is -3.10. The number of amidine groups is 1. The van der Waals surface area contributed by atoms with Crippen molar-refractivity contribution in [1.82, 2.24) is 4.98 Å². The number of nitrogens with two attached hydrogens (primary N) is 1. The number of thiazole rings is 1. The van der Waals surface area contributed by atoms with Crippen LogP contribution in [0.15, 0.2) is 63.1 Å². The SMILES string of the molecule is CC=NC(=NC(C)(C)N)c1sc(NC(=O)c2ccco2)nc1-c1ccccc1. The summed E-state index contributed by atoms with van der Waals surface area (Å²) in [6.07, 6.45) is 3.10. The second kappa shape index (κ2) is 8.28. The molecule has 0 unspecified atom stereocenters. The van der Waals surface area contributed by atoms with Gasteiger partial charge < -0.3 is 10.2 Å². The standard InChI is InChI=1S/C20H21N5O2S/c1-4-22-17(25-20(2,3)21)16-15(13-9-6-5-7-10-13)23-19(28-16)24-18(26)14-11-8-12-27-14/h4-12H,21H2,1-3H3,(H,23,24,26). The number of furan rings is 1. The number of aromatic nitrogens is 1. The van der Waals surface area contributed by atoms with E-state index in [0.717, 1.165) is 10.4 Å². The molecule has 3 rings (SSSR count). The number of nitrogens with zero attached hydrogens (tertiary/aromatic N) is 3. The minimum Gasteiger partial charge on any atom is -0.459 e. The van der Waals surface area contributed by atoms with E-state index < -0.39 is 5.66 Å². The van der Waals surface area contributed by atoms with Crippen LogP contribution in [-0.2, 0) is 0 Å².